The number of H-pyrrole nitrogens is 1. The number of aryl methyl sites for hydroxylation is 2. The molecule has 0 spiro atoms. The molecule has 0 radical (unpaired) electrons. The quantitative estimate of drug-likeness (QED) is 0.879. The number of nitrogens with one attached hydrogen (secondary N) is 2. The minimum atomic E-state index is -0.0211. The third-order valence-corrected chi connectivity index (χ3v) is 3.78. The summed E-state index contributed by atoms with van der Waals surface area (Å²) >= 11 is 0. The normalized spacial score (nSPS) is 15.8. The third kappa shape index (κ3) is 3.21. The van der Waals surface area contributed by atoms with Crippen LogP contribution in [0.15, 0.2) is 12.4 Å². The summed E-state index contributed by atoms with van der Waals surface area (Å²) in [5, 5.41) is 9.09. The number of rotatable bonds is 3. The number of anilines is 2. The van der Waals surface area contributed by atoms with Crippen molar-refractivity contribution in [3.63, 3.8) is 0 Å². The Kier molecular flexibility index (Phi) is 3.99. The van der Waals surface area contributed by atoms with Crippen LogP contribution < -0.4 is 10.2 Å². The highest BCUT2D eigenvalue weighted by Crippen LogP contribution is 2.22. The summed E-state index contributed by atoms with van der Waals surface area (Å²) in [7, 11) is 0. The lowest BCUT2D eigenvalue weighted by molar-refractivity contribution is -0.120. The molecule has 116 valence electrons. The molecular formula is C14H19N7O. The number of aromatic nitrogens is 5. The highest BCUT2D eigenvalue weighted by molar-refractivity contribution is 5.91. The molecule has 0 bridgehead atoms. The lowest BCUT2D eigenvalue weighted by atomic mass is 9.96. The Balaban J connectivity index is 1.59. The summed E-state index contributed by atoms with van der Waals surface area (Å²) in [5.41, 5.74) is 1.93. The van der Waals surface area contributed by atoms with Crippen LogP contribution in [-0.2, 0) is 4.79 Å². The van der Waals surface area contributed by atoms with Gasteiger partial charge in [0.15, 0.2) is 0 Å². The van der Waals surface area contributed by atoms with E-state index < -0.39 is 0 Å². The molecule has 1 aliphatic heterocycles. The van der Waals surface area contributed by atoms with E-state index in [0.29, 0.717) is 5.95 Å². The highest BCUT2D eigenvalue weighted by atomic mass is 16.2. The van der Waals surface area contributed by atoms with Crippen LogP contribution in [0.4, 0.5) is 11.9 Å². The Morgan fingerprint density at radius 3 is 2.55 bits per heavy atom. The third-order valence-electron chi connectivity index (χ3n) is 3.78. The van der Waals surface area contributed by atoms with Gasteiger partial charge in [0, 0.05) is 30.4 Å². The number of piperidine rings is 1. The van der Waals surface area contributed by atoms with Gasteiger partial charge >= 0.3 is 0 Å². The van der Waals surface area contributed by atoms with E-state index in [4.69, 9.17) is 0 Å². The summed E-state index contributed by atoms with van der Waals surface area (Å²) in [6, 6.07) is 1.96. The van der Waals surface area contributed by atoms with E-state index in [-0.39, 0.29) is 11.8 Å². The van der Waals surface area contributed by atoms with Crippen molar-refractivity contribution in [1.29, 1.82) is 0 Å². The fourth-order valence-electron chi connectivity index (χ4n) is 2.67. The molecule has 1 saturated heterocycles. The molecule has 0 atom stereocenters. The van der Waals surface area contributed by atoms with Crippen molar-refractivity contribution in [2.24, 2.45) is 5.92 Å². The van der Waals surface area contributed by atoms with E-state index in [1.54, 1.807) is 0 Å². The molecule has 1 amide bonds. The maximum absolute atomic E-state index is 12.2. The van der Waals surface area contributed by atoms with Gasteiger partial charge in [0.05, 0.1) is 0 Å². The Morgan fingerprint density at radius 1 is 1.27 bits per heavy atom. The lowest BCUT2D eigenvalue weighted by Crippen LogP contribution is -2.39. The number of nitrogens with zero attached hydrogens (tertiary/aromatic N) is 5. The molecule has 1 aliphatic rings. The fourth-order valence-corrected chi connectivity index (χ4v) is 2.67. The van der Waals surface area contributed by atoms with Crippen LogP contribution in [0.2, 0.25) is 0 Å². The monoisotopic (exact) mass is 301 g/mol. The second-order valence-electron chi connectivity index (χ2n) is 5.54. The maximum atomic E-state index is 12.2. The van der Waals surface area contributed by atoms with Crippen molar-refractivity contribution in [1.82, 2.24) is 25.1 Å². The van der Waals surface area contributed by atoms with Crippen LogP contribution in [-0.4, -0.2) is 44.1 Å². The van der Waals surface area contributed by atoms with Crippen molar-refractivity contribution in [3.8, 4) is 0 Å². The first-order valence-electron chi connectivity index (χ1n) is 7.35. The number of amides is 1. The average Bonchev–Trinajstić information content (AvgIpc) is 2.99. The van der Waals surface area contributed by atoms with E-state index in [9.17, 15) is 4.79 Å². The van der Waals surface area contributed by atoms with Gasteiger partial charge in [0.1, 0.15) is 6.33 Å². The zero-order valence-corrected chi connectivity index (χ0v) is 12.7. The summed E-state index contributed by atoms with van der Waals surface area (Å²) < 4.78 is 0. The number of carbonyl (C=O) groups is 1. The summed E-state index contributed by atoms with van der Waals surface area (Å²) in [4.78, 5) is 27.2. The molecule has 1 fully saturated rings. The minimum Gasteiger partial charge on any atom is -0.341 e. The summed E-state index contributed by atoms with van der Waals surface area (Å²) in [6.07, 6.45) is 2.92. The second-order valence-corrected chi connectivity index (χ2v) is 5.54. The number of carbonyl (C=O) groups excluding carboxylic acids is 1. The maximum Gasteiger partial charge on any atom is 0.229 e. The van der Waals surface area contributed by atoms with E-state index in [2.05, 4.69) is 35.4 Å². The number of hydrogen-bond donors (Lipinski definition) is 2. The molecule has 22 heavy (non-hydrogen) atoms. The van der Waals surface area contributed by atoms with Gasteiger partial charge in [-0.15, -0.1) is 0 Å². The average molecular weight is 301 g/mol. The van der Waals surface area contributed by atoms with E-state index >= 15 is 0 Å². The van der Waals surface area contributed by atoms with Gasteiger partial charge in [-0.1, -0.05) is 0 Å². The SMILES string of the molecule is Cc1cc(C)nc(N2CCC(C(=O)Nc3ncn[nH]3)CC2)n1. The topological polar surface area (TPSA) is 99.7 Å². The predicted octanol–water partition coefficient (Wildman–Crippen LogP) is 1.07. The van der Waals surface area contributed by atoms with Crippen molar-refractivity contribution >= 4 is 17.8 Å². The zero-order valence-electron chi connectivity index (χ0n) is 12.7. The molecule has 0 unspecified atom stereocenters. The molecule has 2 N–H and O–H groups in total. The molecule has 0 saturated carbocycles. The van der Waals surface area contributed by atoms with Crippen LogP contribution in [0.25, 0.3) is 0 Å². The zero-order chi connectivity index (χ0) is 15.5. The first-order chi connectivity index (χ1) is 10.6. The standard InChI is InChI=1S/C14H19N7O/c1-9-7-10(2)18-14(17-9)21-5-3-11(4-6-21)12(22)19-13-15-8-16-20-13/h7-8,11H,3-6H2,1-2H3,(H2,15,16,19,20,22). The number of hydrogen-bond acceptors (Lipinski definition) is 6. The van der Waals surface area contributed by atoms with E-state index in [1.807, 2.05) is 19.9 Å². The van der Waals surface area contributed by atoms with Crippen molar-refractivity contribution in [3.05, 3.63) is 23.8 Å². The summed E-state index contributed by atoms with van der Waals surface area (Å²) in [6.45, 7) is 5.49. The van der Waals surface area contributed by atoms with Gasteiger partial charge in [-0.3, -0.25) is 10.1 Å². The van der Waals surface area contributed by atoms with Crippen molar-refractivity contribution in [2.45, 2.75) is 26.7 Å². The first kappa shape index (κ1) is 14.4. The van der Waals surface area contributed by atoms with Gasteiger partial charge in [0.25, 0.3) is 0 Å². The van der Waals surface area contributed by atoms with Crippen molar-refractivity contribution in [2.75, 3.05) is 23.3 Å². The predicted molar refractivity (Wildman–Crippen MR) is 81.5 cm³/mol. The van der Waals surface area contributed by atoms with Gasteiger partial charge in [0.2, 0.25) is 17.8 Å². The Hall–Kier alpha value is -2.51. The first-order valence-corrected chi connectivity index (χ1v) is 7.35. The molecule has 8 heteroatoms. The molecular weight excluding hydrogens is 282 g/mol. The molecule has 2 aromatic rings. The van der Waals surface area contributed by atoms with Crippen LogP contribution >= 0.6 is 0 Å². The van der Waals surface area contributed by atoms with Crippen LogP contribution in [0, 0.1) is 19.8 Å². The van der Waals surface area contributed by atoms with Gasteiger partial charge in [-0.2, -0.15) is 10.1 Å². The van der Waals surface area contributed by atoms with Gasteiger partial charge < -0.3 is 4.90 Å². The molecule has 8 nitrogen and oxygen atoms in total. The molecule has 0 aromatic carbocycles. The molecule has 0 aliphatic carbocycles. The van der Waals surface area contributed by atoms with Crippen LogP contribution in [0.3, 0.4) is 0 Å². The largest absolute Gasteiger partial charge is 0.341 e. The minimum absolute atomic E-state index is 0.0160. The van der Waals surface area contributed by atoms with Crippen LogP contribution in [0.1, 0.15) is 24.2 Å². The Bertz CT molecular complexity index is 627. The van der Waals surface area contributed by atoms with Gasteiger partial charge in [-0.05, 0) is 32.8 Å². The Morgan fingerprint density at radius 2 is 1.95 bits per heavy atom. The van der Waals surface area contributed by atoms with Crippen LogP contribution in [0.5, 0.6) is 0 Å². The van der Waals surface area contributed by atoms with E-state index in [0.717, 1.165) is 43.3 Å². The second kappa shape index (κ2) is 6.08. The van der Waals surface area contributed by atoms with Gasteiger partial charge in [-0.25, -0.2) is 15.1 Å². The number of aromatic amines is 1. The summed E-state index contributed by atoms with van der Waals surface area (Å²) in [5.74, 6) is 1.11. The molecule has 3 rings (SSSR count). The molecule has 2 aromatic heterocycles. The Labute approximate surface area is 128 Å². The molecule has 3 heterocycles. The smallest absolute Gasteiger partial charge is 0.229 e. The van der Waals surface area contributed by atoms with Crippen molar-refractivity contribution < 1.29 is 4.79 Å². The van der Waals surface area contributed by atoms with E-state index in [1.165, 1.54) is 6.33 Å². The highest BCUT2D eigenvalue weighted by Gasteiger charge is 2.26. The lowest BCUT2D eigenvalue weighted by Gasteiger charge is -2.31. The fraction of sp³-hybridized carbons (Fsp3) is 0.500.